The summed E-state index contributed by atoms with van der Waals surface area (Å²) in [5, 5.41) is 0. The molecule has 1 aliphatic rings. The Morgan fingerprint density at radius 1 is 1.26 bits per heavy atom. The van der Waals surface area contributed by atoms with Crippen molar-refractivity contribution in [1.29, 1.82) is 0 Å². The van der Waals surface area contributed by atoms with Gasteiger partial charge in [0.1, 0.15) is 0 Å². The third-order valence-corrected chi connectivity index (χ3v) is 4.17. The first kappa shape index (κ1) is 16.5. The van der Waals surface area contributed by atoms with E-state index in [-0.39, 0.29) is 0 Å². The number of amides is 1. The van der Waals surface area contributed by atoms with Gasteiger partial charge in [0.05, 0.1) is 0 Å². The minimum absolute atomic E-state index is 0.374. The second-order valence-corrected chi connectivity index (χ2v) is 6.39. The fourth-order valence-electron chi connectivity index (χ4n) is 2.55. The number of nitrogens with zero attached hydrogens (tertiary/aromatic N) is 1. The molecular weight excluding hydrogens is 236 g/mol. The highest BCUT2D eigenvalue weighted by Gasteiger charge is 2.32. The van der Waals surface area contributed by atoms with Crippen LogP contribution >= 0.6 is 0 Å². The van der Waals surface area contributed by atoms with Crippen LogP contribution in [0.25, 0.3) is 0 Å². The summed E-state index contributed by atoms with van der Waals surface area (Å²) in [7, 11) is 0. The standard InChI is InChI=1S/C16H32N2O/c1-4-14(9-11-17)5-8-16(19)18(15-6-7-15)12-10-13(2)3/h13-15H,4-12,17H2,1-3H3. The third kappa shape index (κ3) is 6.42. The summed E-state index contributed by atoms with van der Waals surface area (Å²) in [5.74, 6) is 1.67. The SMILES string of the molecule is CCC(CCN)CCC(=O)N(CCC(C)C)C1CC1. The molecule has 1 saturated carbocycles. The molecule has 0 spiro atoms. The average molecular weight is 268 g/mol. The zero-order chi connectivity index (χ0) is 14.3. The van der Waals surface area contributed by atoms with Gasteiger partial charge in [-0.1, -0.05) is 27.2 Å². The van der Waals surface area contributed by atoms with Gasteiger partial charge in [0, 0.05) is 19.0 Å². The first-order chi connectivity index (χ1) is 9.08. The normalized spacial score (nSPS) is 16.7. The zero-order valence-electron chi connectivity index (χ0n) is 13.0. The van der Waals surface area contributed by atoms with E-state index in [1.54, 1.807) is 0 Å². The molecule has 1 unspecified atom stereocenters. The van der Waals surface area contributed by atoms with Gasteiger partial charge in [0.25, 0.3) is 0 Å². The zero-order valence-corrected chi connectivity index (χ0v) is 13.0. The van der Waals surface area contributed by atoms with Gasteiger partial charge in [-0.3, -0.25) is 4.79 Å². The van der Waals surface area contributed by atoms with Crippen LogP contribution in [0.4, 0.5) is 0 Å². The number of carbonyl (C=O) groups excluding carboxylic acids is 1. The molecule has 3 nitrogen and oxygen atoms in total. The predicted octanol–water partition coefficient (Wildman–Crippen LogP) is 3.18. The first-order valence-corrected chi connectivity index (χ1v) is 8.08. The second-order valence-electron chi connectivity index (χ2n) is 6.39. The van der Waals surface area contributed by atoms with Crippen LogP contribution in [0.2, 0.25) is 0 Å². The molecule has 0 saturated heterocycles. The van der Waals surface area contributed by atoms with Crippen LogP contribution in [0.15, 0.2) is 0 Å². The number of rotatable bonds is 10. The molecule has 1 fully saturated rings. The van der Waals surface area contributed by atoms with Gasteiger partial charge in [-0.15, -0.1) is 0 Å². The van der Waals surface area contributed by atoms with E-state index in [9.17, 15) is 4.79 Å². The van der Waals surface area contributed by atoms with Gasteiger partial charge in [0.2, 0.25) is 5.91 Å². The minimum Gasteiger partial charge on any atom is -0.340 e. The van der Waals surface area contributed by atoms with Crippen LogP contribution in [0.3, 0.4) is 0 Å². The van der Waals surface area contributed by atoms with E-state index in [0.717, 1.165) is 38.8 Å². The van der Waals surface area contributed by atoms with Crippen molar-refractivity contribution in [2.75, 3.05) is 13.1 Å². The van der Waals surface area contributed by atoms with E-state index < -0.39 is 0 Å². The summed E-state index contributed by atoms with van der Waals surface area (Å²) in [6, 6.07) is 0.556. The maximum Gasteiger partial charge on any atom is 0.222 e. The molecule has 0 radical (unpaired) electrons. The van der Waals surface area contributed by atoms with Crippen LogP contribution in [0, 0.1) is 11.8 Å². The van der Waals surface area contributed by atoms with Crippen molar-refractivity contribution >= 4 is 5.91 Å². The van der Waals surface area contributed by atoms with Crippen molar-refractivity contribution in [3.8, 4) is 0 Å². The summed E-state index contributed by atoms with van der Waals surface area (Å²) < 4.78 is 0. The Morgan fingerprint density at radius 2 is 1.95 bits per heavy atom. The van der Waals surface area contributed by atoms with Crippen LogP contribution in [0.5, 0.6) is 0 Å². The van der Waals surface area contributed by atoms with E-state index in [0.29, 0.717) is 30.2 Å². The Bertz CT molecular complexity index is 261. The lowest BCUT2D eigenvalue weighted by Crippen LogP contribution is -2.34. The largest absolute Gasteiger partial charge is 0.340 e. The van der Waals surface area contributed by atoms with E-state index in [4.69, 9.17) is 5.73 Å². The molecule has 0 bridgehead atoms. The summed E-state index contributed by atoms with van der Waals surface area (Å²) in [5.41, 5.74) is 5.62. The topological polar surface area (TPSA) is 46.3 Å². The Balaban J connectivity index is 2.35. The third-order valence-electron chi connectivity index (χ3n) is 4.17. The maximum atomic E-state index is 12.4. The van der Waals surface area contributed by atoms with Crippen LogP contribution in [-0.2, 0) is 4.79 Å². The lowest BCUT2D eigenvalue weighted by atomic mass is 9.96. The van der Waals surface area contributed by atoms with Crippen molar-refractivity contribution in [3.63, 3.8) is 0 Å². The van der Waals surface area contributed by atoms with Crippen molar-refractivity contribution in [1.82, 2.24) is 4.90 Å². The van der Waals surface area contributed by atoms with E-state index in [1.165, 1.54) is 12.8 Å². The molecule has 0 aromatic heterocycles. The molecule has 1 atom stereocenters. The van der Waals surface area contributed by atoms with Gasteiger partial charge >= 0.3 is 0 Å². The maximum absolute atomic E-state index is 12.4. The highest BCUT2D eigenvalue weighted by Crippen LogP contribution is 2.28. The lowest BCUT2D eigenvalue weighted by Gasteiger charge is -2.24. The Labute approximate surface area is 118 Å². The Hall–Kier alpha value is -0.570. The van der Waals surface area contributed by atoms with Gasteiger partial charge in [0.15, 0.2) is 0 Å². The quantitative estimate of drug-likeness (QED) is 0.661. The monoisotopic (exact) mass is 268 g/mol. The lowest BCUT2D eigenvalue weighted by molar-refractivity contribution is -0.132. The van der Waals surface area contributed by atoms with Gasteiger partial charge in [-0.2, -0.15) is 0 Å². The Morgan fingerprint density at radius 3 is 2.42 bits per heavy atom. The second kappa shape index (κ2) is 8.57. The molecule has 2 N–H and O–H groups in total. The molecule has 19 heavy (non-hydrogen) atoms. The minimum atomic E-state index is 0.374. The van der Waals surface area contributed by atoms with Crippen LogP contribution in [-0.4, -0.2) is 29.9 Å². The molecule has 112 valence electrons. The molecule has 0 aromatic carbocycles. The fraction of sp³-hybridized carbons (Fsp3) is 0.938. The Kier molecular flexibility index (Phi) is 7.44. The van der Waals surface area contributed by atoms with Crippen molar-refractivity contribution < 1.29 is 4.79 Å². The van der Waals surface area contributed by atoms with E-state index in [1.807, 2.05) is 0 Å². The number of carbonyl (C=O) groups is 1. The predicted molar refractivity (Wildman–Crippen MR) is 80.9 cm³/mol. The molecule has 3 heteroatoms. The molecule has 0 heterocycles. The van der Waals surface area contributed by atoms with E-state index >= 15 is 0 Å². The average Bonchev–Trinajstić information content (AvgIpc) is 3.18. The van der Waals surface area contributed by atoms with Gasteiger partial charge in [-0.05, 0) is 50.5 Å². The molecule has 0 aromatic rings. The summed E-state index contributed by atoms with van der Waals surface area (Å²) >= 11 is 0. The van der Waals surface area contributed by atoms with Gasteiger partial charge in [-0.25, -0.2) is 0 Å². The summed E-state index contributed by atoms with van der Waals surface area (Å²) in [4.78, 5) is 14.5. The molecule has 0 aliphatic heterocycles. The molecule has 1 rings (SSSR count). The van der Waals surface area contributed by atoms with Crippen molar-refractivity contribution in [2.24, 2.45) is 17.6 Å². The van der Waals surface area contributed by atoms with Crippen molar-refractivity contribution in [3.05, 3.63) is 0 Å². The molecule has 1 amide bonds. The number of nitrogens with two attached hydrogens (primary N) is 1. The summed E-state index contributed by atoms with van der Waals surface area (Å²) in [6.45, 7) is 8.34. The highest BCUT2D eigenvalue weighted by molar-refractivity contribution is 5.76. The van der Waals surface area contributed by atoms with Crippen molar-refractivity contribution in [2.45, 2.75) is 71.8 Å². The summed E-state index contributed by atoms with van der Waals surface area (Å²) in [6.07, 6.45) is 7.47. The number of hydrogen-bond donors (Lipinski definition) is 1. The van der Waals surface area contributed by atoms with Crippen LogP contribution in [0.1, 0.15) is 65.7 Å². The van der Waals surface area contributed by atoms with Crippen LogP contribution < -0.4 is 5.73 Å². The molecule has 1 aliphatic carbocycles. The highest BCUT2D eigenvalue weighted by atomic mass is 16.2. The van der Waals surface area contributed by atoms with E-state index in [2.05, 4.69) is 25.7 Å². The fourth-order valence-corrected chi connectivity index (χ4v) is 2.55. The molecular formula is C16H32N2O. The number of hydrogen-bond acceptors (Lipinski definition) is 2. The van der Waals surface area contributed by atoms with Gasteiger partial charge < -0.3 is 10.6 Å². The first-order valence-electron chi connectivity index (χ1n) is 8.08. The smallest absolute Gasteiger partial charge is 0.222 e.